The first-order chi connectivity index (χ1) is 13.1. The van der Waals surface area contributed by atoms with Gasteiger partial charge in [-0.15, -0.1) is 0 Å². The number of rotatable bonds is 5. The maximum absolute atomic E-state index is 13.5. The van der Waals surface area contributed by atoms with Gasteiger partial charge < -0.3 is 5.32 Å². The highest BCUT2D eigenvalue weighted by atomic mass is 35.5. The Morgan fingerprint density at radius 1 is 1.17 bits per heavy atom. The molecule has 2 aromatic rings. The van der Waals surface area contributed by atoms with Crippen molar-refractivity contribution < 1.29 is 44.8 Å². The molecular weight excluding hydrogens is 446 g/mol. The van der Waals surface area contributed by atoms with E-state index < -0.39 is 68.4 Å². The molecule has 1 heterocycles. The molecule has 0 saturated heterocycles. The van der Waals surface area contributed by atoms with Crippen LogP contribution in [0.2, 0.25) is 5.02 Å². The fourth-order valence-corrected chi connectivity index (χ4v) is 2.40. The number of aromatic nitrogens is 1. The molecule has 0 fully saturated rings. The van der Waals surface area contributed by atoms with Gasteiger partial charge in [-0.25, -0.2) is 9.37 Å². The van der Waals surface area contributed by atoms with E-state index in [9.17, 15) is 50.0 Å². The zero-order valence-corrected chi connectivity index (χ0v) is 14.2. The summed E-state index contributed by atoms with van der Waals surface area (Å²) in [6, 6.07) is 1.12. The molecule has 158 valence electrons. The third-order valence-electron chi connectivity index (χ3n) is 3.58. The summed E-state index contributed by atoms with van der Waals surface area (Å²) in [7, 11) is 0. The molecule has 0 radical (unpaired) electrons. The van der Waals surface area contributed by atoms with Crippen LogP contribution in [-0.4, -0.2) is 40.4 Å². The lowest BCUT2D eigenvalue weighted by molar-refractivity contribution is -0.383. The quantitative estimate of drug-likeness (QED) is 0.412. The van der Waals surface area contributed by atoms with Crippen LogP contribution in [0.4, 0.5) is 40.8 Å². The number of halogens is 9. The normalized spacial score (nSPS) is 12.9. The molecule has 1 amide bonds. The Morgan fingerprint density at radius 3 is 2.28 bits per heavy atom. The lowest BCUT2D eigenvalue weighted by Gasteiger charge is -2.28. The van der Waals surface area contributed by atoms with Gasteiger partial charge in [0.25, 0.3) is 11.6 Å². The van der Waals surface area contributed by atoms with Crippen molar-refractivity contribution in [2.75, 3.05) is 6.54 Å². The van der Waals surface area contributed by atoms with Crippen molar-refractivity contribution in [1.82, 2.24) is 10.3 Å². The number of hydrogen-bond donors (Lipinski definition) is 1. The van der Waals surface area contributed by atoms with Crippen molar-refractivity contribution in [1.29, 1.82) is 0 Å². The third kappa shape index (κ3) is 4.02. The van der Waals surface area contributed by atoms with Gasteiger partial charge in [0.05, 0.1) is 28.1 Å². The smallest absolute Gasteiger partial charge is 0.346 e. The van der Waals surface area contributed by atoms with E-state index in [1.807, 2.05) is 0 Å². The van der Waals surface area contributed by atoms with Crippen LogP contribution in [0.3, 0.4) is 0 Å². The fourth-order valence-electron chi connectivity index (χ4n) is 2.12. The summed E-state index contributed by atoms with van der Waals surface area (Å²) in [5.41, 5.74) is -2.14. The highest BCUT2D eigenvalue weighted by molar-refractivity contribution is 6.38. The molecule has 0 aliphatic carbocycles. The van der Waals surface area contributed by atoms with E-state index in [2.05, 4.69) is 4.98 Å². The van der Waals surface area contributed by atoms with Crippen LogP contribution in [-0.2, 0) is 0 Å². The largest absolute Gasteiger partial charge is 0.459 e. The minimum Gasteiger partial charge on any atom is -0.346 e. The number of benzene rings is 1. The monoisotopic (exact) mass is 451 g/mol. The minimum atomic E-state index is -6.58. The van der Waals surface area contributed by atoms with E-state index in [1.54, 1.807) is 0 Å². The number of hydrogen-bond acceptors (Lipinski definition) is 4. The summed E-state index contributed by atoms with van der Waals surface area (Å²) < 4.78 is 102. The predicted molar refractivity (Wildman–Crippen MR) is 81.6 cm³/mol. The average Bonchev–Trinajstić information content (AvgIpc) is 2.58. The number of non-ortho nitro benzene ring substituents is 1. The number of nitro benzene ring substituents is 1. The first-order valence-corrected chi connectivity index (χ1v) is 7.50. The van der Waals surface area contributed by atoms with Crippen molar-refractivity contribution in [2.45, 2.75) is 18.0 Å². The van der Waals surface area contributed by atoms with Gasteiger partial charge in [-0.3, -0.25) is 14.9 Å². The molecule has 0 saturated carbocycles. The summed E-state index contributed by atoms with van der Waals surface area (Å²) in [5, 5.41) is 10.9. The Kier molecular flexibility index (Phi) is 5.62. The number of alkyl halides is 7. The van der Waals surface area contributed by atoms with Gasteiger partial charge in [-0.05, 0) is 6.07 Å². The van der Waals surface area contributed by atoms with Gasteiger partial charge in [0.15, 0.2) is 0 Å². The number of amides is 1. The fraction of sp³-hybridized carbons (Fsp3) is 0.286. The maximum Gasteiger partial charge on any atom is 0.459 e. The van der Waals surface area contributed by atoms with Gasteiger partial charge >= 0.3 is 18.0 Å². The van der Waals surface area contributed by atoms with Crippen LogP contribution in [0, 0.1) is 15.9 Å². The van der Waals surface area contributed by atoms with E-state index in [-0.39, 0.29) is 0 Å². The molecule has 6 nitrogen and oxygen atoms in total. The average molecular weight is 452 g/mol. The van der Waals surface area contributed by atoms with E-state index in [1.165, 1.54) is 0 Å². The second-order valence-electron chi connectivity index (χ2n) is 5.52. The molecule has 0 spiro atoms. The highest BCUT2D eigenvalue weighted by Gasteiger charge is 2.72. The second kappa shape index (κ2) is 7.24. The summed E-state index contributed by atoms with van der Waals surface area (Å²) in [4.78, 5) is 25.3. The molecule has 29 heavy (non-hydrogen) atoms. The Bertz CT molecular complexity index is 996. The number of nitro groups is 1. The summed E-state index contributed by atoms with van der Waals surface area (Å²) in [6.07, 6.45) is -6.05. The van der Waals surface area contributed by atoms with E-state index in [4.69, 9.17) is 11.6 Å². The third-order valence-corrected chi connectivity index (χ3v) is 3.99. The van der Waals surface area contributed by atoms with E-state index in [0.717, 1.165) is 5.32 Å². The molecule has 1 aromatic carbocycles. The summed E-state index contributed by atoms with van der Waals surface area (Å²) in [5.74, 6) is -15.0. The van der Waals surface area contributed by atoms with Crippen LogP contribution in [0.1, 0.15) is 10.4 Å². The molecule has 0 bridgehead atoms. The van der Waals surface area contributed by atoms with Gasteiger partial charge in [-0.1, -0.05) is 11.6 Å². The topological polar surface area (TPSA) is 85.1 Å². The van der Waals surface area contributed by atoms with Crippen LogP contribution < -0.4 is 5.32 Å². The SMILES string of the molecule is O=C(NCC(F)(F)C(F)(F)C(F)(F)F)c1cnc2c([N+](=O)[O-])cc(F)cc2c1Cl. The standard InChI is InChI=1S/C14H6ClF8N3O3/c15-9-6-1-5(16)2-8(26(28)29)10(6)24-3-7(9)11(27)25-4-12(17,18)13(19,20)14(21,22)23/h1-3H,4H2,(H,25,27). The molecule has 0 aliphatic heterocycles. The first-order valence-electron chi connectivity index (χ1n) is 7.13. The number of carbonyl (C=O) groups is 1. The molecule has 15 heteroatoms. The zero-order chi connectivity index (χ0) is 22.4. The molecule has 0 atom stereocenters. The number of pyridine rings is 1. The molecule has 2 rings (SSSR count). The van der Waals surface area contributed by atoms with Crippen molar-refractivity contribution in [3.63, 3.8) is 0 Å². The van der Waals surface area contributed by atoms with Crippen molar-refractivity contribution in [2.24, 2.45) is 0 Å². The Hall–Kier alpha value is -2.77. The lowest BCUT2D eigenvalue weighted by atomic mass is 10.1. The Morgan fingerprint density at radius 2 is 1.76 bits per heavy atom. The van der Waals surface area contributed by atoms with Crippen LogP contribution in [0.15, 0.2) is 18.3 Å². The van der Waals surface area contributed by atoms with Crippen molar-refractivity contribution >= 4 is 34.1 Å². The van der Waals surface area contributed by atoms with Crippen LogP contribution >= 0.6 is 11.6 Å². The number of fused-ring (bicyclic) bond motifs is 1. The second-order valence-corrected chi connectivity index (χ2v) is 5.90. The first kappa shape index (κ1) is 22.5. The lowest BCUT2D eigenvalue weighted by Crippen LogP contribution is -2.56. The maximum atomic E-state index is 13.5. The van der Waals surface area contributed by atoms with E-state index in [0.29, 0.717) is 18.3 Å². The Balaban J connectivity index is 2.37. The molecule has 0 aliphatic rings. The Labute approximate surface area is 159 Å². The van der Waals surface area contributed by atoms with Gasteiger partial charge in [0.1, 0.15) is 11.3 Å². The van der Waals surface area contributed by atoms with Crippen LogP contribution in [0.5, 0.6) is 0 Å². The number of nitrogens with one attached hydrogen (secondary N) is 1. The summed E-state index contributed by atoms with van der Waals surface area (Å²) in [6.45, 7) is -2.42. The molecule has 1 N–H and O–H groups in total. The summed E-state index contributed by atoms with van der Waals surface area (Å²) >= 11 is 5.79. The number of carbonyl (C=O) groups excluding carboxylic acids is 1. The predicted octanol–water partition coefficient (Wildman–Crippen LogP) is 4.50. The molecule has 0 unspecified atom stereocenters. The molecular formula is C14H6ClF8N3O3. The van der Waals surface area contributed by atoms with Crippen LogP contribution in [0.25, 0.3) is 10.9 Å². The van der Waals surface area contributed by atoms with Gasteiger partial charge in [-0.2, -0.15) is 30.7 Å². The van der Waals surface area contributed by atoms with Gasteiger partial charge in [0.2, 0.25) is 0 Å². The van der Waals surface area contributed by atoms with E-state index >= 15 is 0 Å². The zero-order valence-electron chi connectivity index (χ0n) is 13.5. The highest BCUT2D eigenvalue weighted by Crippen LogP contribution is 2.46. The minimum absolute atomic E-state index is 0.480. The van der Waals surface area contributed by atoms with Crippen molar-refractivity contribution in [3.05, 3.63) is 44.8 Å². The number of nitrogens with zero attached hydrogens (tertiary/aromatic N) is 2. The van der Waals surface area contributed by atoms with Crippen molar-refractivity contribution in [3.8, 4) is 0 Å². The molecule has 1 aromatic heterocycles. The van der Waals surface area contributed by atoms with Gasteiger partial charge in [0, 0.05) is 11.6 Å².